The van der Waals surface area contributed by atoms with Gasteiger partial charge in [0.25, 0.3) is 0 Å². The molecule has 106 valence electrons. The summed E-state index contributed by atoms with van der Waals surface area (Å²) in [6.45, 7) is 10.3. The molecule has 2 aromatic rings. The van der Waals surface area contributed by atoms with Crippen molar-refractivity contribution in [3.63, 3.8) is 0 Å². The number of hydrogen-bond acceptors (Lipinski definition) is 4. The zero-order chi connectivity index (χ0) is 14.7. The Labute approximate surface area is 120 Å². The predicted octanol–water partition coefficient (Wildman–Crippen LogP) is 3.97. The maximum atomic E-state index is 4.53. The number of nitrogens with one attached hydrogen (secondary N) is 2. The Morgan fingerprint density at radius 2 is 1.65 bits per heavy atom. The summed E-state index contributed by atoms with van der Waals surface area (Å²) in [5, 5.41) is 6.60. The molecule has 0 radical (unpaired) electrons. The first kappa shape index (κ1) is 14.3. The fourth-order valence-electron chi connectivity index (χ4n) is 2.08. The van der Waals surface area contributed by atoms with Gasteiger partial charge in [-0.05, 0) is 57.9 Å². The standard InChI is InChI=1S/C16H22N4/c1-10(2)18-16-17-9-13(5)15(20-16)19-14-7-11(3)6-12(4)8-14/h6-10H,1-5H3,(H2,17,18,19,20). The SMILES string of the molecule is Cc1cc(C)cc(Nc2nc(NC(C)C)ncc2C)c1. The first-order valence-corrected chi connectivity index (χ1v) is 6.89. The van der Waals surface area contributed by atoms with Crippen LogP contribution in [-0.2, 0) is 0 Å². The van der Waals surface area contributed by atoms with E-state index in [0.29, 0.717) is 12.0 Å². The third-order valence-corrected chi connectivity index (χ3v) is 2.87. The number of hydrogen-bond donors (Lipinski definition) is 2. The monoisotopic (exact) mass is 270 g/mol. The fraction of sp³-hybridized carbons (Fsp3) is 0.375. The van der Waals surface area contributed by atoms with E-state index in [2.05, 4.69) is 66.5 Å². The number of aromatic nitrogens is 2. The van der Waals surface area contributed by atoms with Crippen molar-refractivity contribution in [2.75, 3.05) is 10.6 Å². The molecule has 0 saturated heterocycles. The molecule has 0 bridgehead atoms. The Bertz CT molecular complexity index is 585. The third-order valence-electron chi connectivity index (χ3n) is 2.87. The van der Waals surface area contributed by atoms with Crippen LogP contribution < -0.4 is 10.6 Å². The second kappa shape index (κ2) is 5.90. The van der Waals surface area contributed by atoms with Crippen molar-refractivity contribution >= 4 is 17.5 Å². The lowest BCUT2D eigenvalue weighted by molar-refractivity contribution is 0.873. The minimum Gasteiger partial charge on any atom is -0.352 e. The van der Waals surface area contributed by atoms with Crippen LogP contribution in [0, 0.1) is 20.8 Å². The van der Waals surface area contributed by atoms with E-state index in [0.717, 1.165) is 17.1 Å². The van der Waals surface area contributed by atoms with Crippen molar-refractivity contribution < 1.29 is 0 Å². The van der Waals surface area contributed by atoms with Crippen LogP contribution in [-0.4, -0.2) is 16.0 Å². The normalized spacial score (nSPS) is 10.7. The van der Waals surface area contributed by atoms with Gasteiger partial charge in [-0.15, -0.1) is 0 Å². The molecule has 0 atom stereocenters. The maximum absolute atomic E-state index is 4.53. The summed E-state index contributed by atoms with van der Waals surface area (Å²) in [6.07, 6.45) is 1.84. The third kappa shape index (κ3) is 3.70. The lowest BCUT2D eigenvalue weighted by Gasteiger charge is -2.13. The summed E-state index contributed by atoms with van der Waals surface area (Å²) in [5.41, 5.74) is 4.55. The molecule has 0 saturated carbocycles. The van der Waals surface area contributed by atoms with Crippen molar-refractivity contribution in [2.45, 2.75) is 40.7 Å². The van der Waals surface area contributed by atoms with Crippen LogP contribution in [0.2, 0.25) is 0 Å². The molecule has 0 spiro atoms. The molecule has 4 heteroatoms. The molecule has 4 nitrogen and oxygen atoms in total. The van der Waals surface area contributed by atoms with Crippen LogP contribution in [0.4, 0.5) is 17.5 Å². The Morgan fingerprint density at radius 3 is 2.25 bits per heavy atom. The molecule has 0 unspecified atom stereocenters. The molecule has 20 heavy (non-hydrogen) atoms. The highest BCUT2D eigenvalue weighted by Crippen LogP contribution is 2.21. The maximum Gasteiger partial charge on any atom is 0.224 e. The average Bonchev–Trinajstić information content (AvgIpc) is 2.31. The van der Waals surface area contributed by atoms with Gasteiger partial charge in [0.2, 0.25) is 5.95 Å². The number of aryl methyl sites for hydroxylation is 3. The van der Waals surface area contributed by atoms with Gasteiger partial charge in [-0.1, -0.05) is 6.07 Å². The molecular formula is C16H22N4. The number of nitrogens with zero attached hydrogens (tertiary/aromatic N) is 2. The van der Waals surface area contributed by atoms with Gasteiger partial charge in [0.05, 0.1) is 0 Å². The summed E-state index contributed by atoms with van der Waals surface area (Å²) in [7, 11) is 0. The van der Waals surface area contributed by atoms with Crippen LogP contribution in [0.1, 0.15) is 30.5 Å². The summed E-state index contributed by atoms with van der Waals surface area (Å²) in [4.78, 5) is 8.83. The van der Waals surface area contributed by atoms with Gasteiger partial charge in [0, 0.05) is 23.5 Å². The van der Waals surface area contributed by atoms with Crippen molar-refractivity contribution in [1.29, 1.82) is 0 Å². The molecule has 0 aliphatic rings. The van der Waals surface area contributed by atoms with Crippen molar-refractivity contribution in [1.82, 2.24) is 9.97 Å². The van der Waals surface area contributed by atoms with Gasteiger partial charge in [0.15, 0.2) is 0 Å². The molecule has 0 amide bonds. The minimum atomic E-state index is 0.312. The van der Waals surface area contributed by atoms with Gasteiger partial charge < -0.3 is 10.6 Å². The zero-order valence-corrected chi connectivity index (χ0v) is 12.8. The van der Waals surface area contributed by atoms with Crippen molar-refractivity contribution in [2.24, 2.45) is 0 Å². The number of benzene rings is 1. The first-order valence-electron chi connectivity index (χ1n) is 6.89. The van der Waals surface area contributed by atoms with Gasteiger partial charge in [-0.25, -0.2) is 4.98 Å². The van der Waals surface area contributed by atoms with Crippen molar-refractivity contribution in [3.05, 3.63) is 41.1 Å². The highest BCUT2D eigenvalue weighted by molar-refractivity contribution is 5.61. The molecule has 2 rings (SSSR count). The number of rotatable bonds is 4. The quantitative estimate of drug-likeness (QED) is 0.882. The van der Waals surface area contributed by atoms with Crippen LogP contribution in [0.25, 0.3) is 0 Å². The minimum absolute atomic E-state index is 0.312. The van der Waals surface area contributed by atoms with E-state index in [9.17, 15) is 0 Å². The Kier molecular flexibility index (Phi) is 4.23. The molecule has 1 heterocycles. The number of anilines is 3. The smallest absolute Gasteiger partial charge is 0.224 e. The Hall–Kier alpha value is -2.10. The van der Waals surface area contributed by atoms with Crippen LogP contribution >= 0.6 is 0 Å². The highest BCUT2D eigenvalue weighted by Gasteiger charge is 2.06. The largest absolute Gasteiger partial charge is 0.352 e. The molecule has 1 aromatic carbocycles. The first-order chi connectivity index (χ1) is 9.44. The van der Waals surface area contributed by atoms with E-state index >= 15 is 0 Å². The van der Waals surface area contributed by atoms with Crippen LogP contribution in [0.15, 0.2) is 24.4 Å². The van der Waals surface area contributed by atoms with E-state index in [1.165, 1.54) is 11.1 Å². The fourth-order valence-corrected chi connectivity index (χ4v) is 2.08. The Morgan fingerprint density at radius 1 is 1.00 bits per heavy atom. The molecule has 0 aliphatic heterocycles. The Balaban J connectivity index is 2.27. The predicted molar refractivity (Wildman–Crippen MR) is 84.7 cm³/mol. The molecule has 1 aromatic heterocycles. The van der Waals surface area contributed by atoms with Gasteiger partial charge in [-0.2, -0.15) is 4.98 Å². The van der Waals surface area contributed by atoms with Gasteiger partial charge in [0.1, 0.15) is 5.82 Å². The highest BCUT2D eigenvalue weighted by atomic mass is 15.1. The van der Waals surface area contributed by atoms with E-state index in [-0.39, 0.29) is 0 Å². The summed E-state index contributed by atoms with van der Waals surface area (Å²) < 4.78 is 0. The lowest BCUT2D eigenvalue weighted by Crippen LogP contribution is -2.13. The average molecular weight is 270 g/mol. The molecule has 0 aliphatic carbocycles. The van der Waals surface area contributed by atoms with Crippen LogP contribution in [0.3, 0.4) is 0 Å². The molecule has 2 N–H and O–H groups in total. The summed E-state index contributed by atoms with van der Waals surface area (Å²) in [5.74, 6) is 1.49. The lowest BCUT2D eigenvalue weighted by atomic mass is 10.1. The zero-order valence-electron chi connectivity index (χ0n) is 12.8. The topological polar surface area (TPSA) is 49.8 Å². The van der Waals surface area contributed by atoms with Crippen molar-refractivity contribution in [3.8, 4) is 0 Å². The van der Waals surface area contributed by atoms with Gasteiger partial charge in [-0.3, -0.25) is 0 Å². The van der Waals surface area contributed by atoms with E-state index in [1.807, 2.05) is 13.1 Å². The summed E-state index contributed by atoms with van der Waals surface area (Å²) >= 11 is 0. The second-order valence-corrected chi connectivity index (χ2v) is 5.53. The molecular weight excluding hydrogens is 248 g/mol. The summed E-state index contributed by atoms with van der Waals surface area (Å²) in [6, 6.07) is 6.70. The van der Waals surface area contributed by atoms with E-state index < -0.39 is 0 Å². The molecule has 0 fully saturated rings. The van der Waals surface area contributed by atoms with E-state index in [1.54, 1.807) is 0 Å². The van der Waals surface area contributed by atoms with E-state index in [4.69, 9.17) is 0 Å². The van der Waals surface area contributed by atoms with Gasteiger partial charge >= 0.3 is 0 Å². The van der Waals surface area contributed by atoms with Crippen LogP contribution in [0.5, 0.6) is 0 Å². The second-order valence-electron chi connectivity index (χ2n) is 5.53.